The van der Waals surface area contributed by atoms with Crippen LogP contribution in [0.4, 0.5) is 13.2 Å². The van der Waals surface area contributed by atoms with E-state index in [-0.39, 0.29) is 22.5 Å². The Morgan fingerprint density at radius 1 is 1.06 bits per heavy atom. The van der Waals surface area contributed by atoms with Gasteiger partial charge >= 0.3 is 5.92 Å². The van der Waals surface area contributed by atoms with Crippen molar-refractivity contribution < 1.29 is 18.0 Å². The fourth-order valence-electron chi connectivity index (χ4n) is 3.82. The highest BCUT2D eigenvalue weighted by molar-refractivity contribution is 5.94. The number of rotatable bonds is 4. The maximum atomic E-state index is 15.7. The lowest BCUT2D eigenvalue weighted by molar-refractivity contribution is 0.0301. The molecule has 1 N–H and O–H groups in total. The van der Waals surface area contributed by atoms with Crippen molar-refractivity contribution in [3.8, 4) is 11.3 Å². The van der Waals surface area contributed by atoms with E-state index in [0.29, 0.717) is 22.0 Å². The van der Waals surface area contributed by atoms with Crippen molar-refractivity contribution >= 4 is 22.5 Å². The maximum Gasteiger partial charge on any atom is 0.334 e. The number of carbonyl (C=O) groups excluding carboxylic acids is 1. The molecule has 170 valence electrons. The molecule has 10 heteroatoms. The number of pyridine rings is 1. The monoisotopic (exact) mass is 462 g/mol. The van der Waals surface area contributed by atoms with E-state index in [1.54, 1.807) is 31.3 Å². The van der Waals surface area contributed by atoms with E-state index in [9.17, 15) is 9.18 Å². The van der Waals surface area contributed by atoms with Crippen molar-refractivity contribution in [2.24, 2.45) is 0 Å². The first-order valence-electron chi connectivity index (χ1n) is 10.3. The maximum absolute atomic E-state index is 15.7. The Morgan fingerprint density at radius 2 is 1.88 bits per heavy atom. The number of carbonyl (C=O) groups is 1. The molecule has 2 aromatic carbocycles. The second kappa shape index (κ2) is 7.91. The highest BCUT2D eigenvalue weighted by Gasteiger charge is 2.41. The van der Waals surface area contributed by atoms with Gasteiger partial charge in [0.1, 0.15) is 5.82 Å². The van der Waals surface area contributed by atoms with E-state index in [0.717, 1.165) is 10.6 Å². The molecule has 7 nitrogen and oxygen atoms in total. The standard InChI is InChI=1S/C24H17F3N6O/c1-13-10-20-14(4-3-9-29-20)11-17(13)24(26,27)23-31-30-21-8-7-19(32-33(21)23)15-5-6-16(18(25)12-15)22(34)28-2/h3-12H,1-2H3,(H,28,34). The number of amides is 1. The number of hydrogen-bond acceptors (Lipinski definition) is 5. The summed E-state index contributed by atoms with van der Waals surface area (Å²) < 4.78 is 46.9. The highest BCUT2D eigenvalue weighted by atomic mass is 19.3. The first-order valence-corrected chi connectivity index (χ1v) is 10.3. The van der Waals surface area contributed by atoms with Crippen molar-refractivity contribution in [1.29, 1.82) is 0 Å². The van der Waals surface area contributed by atoms with E-state index in [1.165, 1.54) is 37.4 Å². The predicted octanol–water partition coefficient (Wildman–Crippen LogP) is 4.29. The minimum absolute atomic E-state index is 0.112. The van der Waals surface area contributed by atoms with E-state index in [2.05, 4.69) is 25.6 Å². The zero-order chi connectivity index (χ0) is 24.0. The number of fused-ring (bicyclic) bond motifs is 2. The summed E-state index contributed by atoms with van der Waals surface area (Å²) in [6, 6.07) is 13.3. The molecular weight excluding hydrogens is 445 g/mol. The normalized spacial score (nSPS) is 11.8. The molecule has 0 aliphatic carbocycles. The average Bonchev–Trinajstić information content (AvgIpc) is 3.27. The van der Waals surface area contributed by atoms with Gasteiger partial charge < -0.3 is 5.32 Å². The molecule has 0 unspecified atom stereocenters. The van der Waals surface area contributed by atoms with Crippen LogP contribution in [0.25, 0.3) is 27.8 Å². The van der Waals surface area contributed by atoms with E-state index >= 15 is 8.78 Å². The Kier molecular flexibility index (Phi) is 5.00. The van der Waals surface area contributed by atoms with Gasteiger partial charge in [0, 0.05) is 29.8 Å². The van der Waals surface area contributed by atoms with Crippen molar-refractivity contribution in [3.63, 3.8) is 0 Å². The third-order valence-electron chi connectivity index (χ3n) is 5.57. The van der Waals surface area contributed by atoms with Crippen LogP contribution in [0.5, 0.6) is 0 Å². The summed E-state index contributed by atoms with van der Waals surface area (Å²) in [5, 5.41) is 14.7. The minimum Gasteiger partial charge on any atom is -0.355 e. The third-order valence-corrected chi connectivity index (χ3v) is 5.57. The molecule has 0 atom stereocenters. The molecule has 5 rings (SSSR count). The highest BCUT2D eigenvalue weighted by Crippen LogP contribution is 2.38. The van der Waals surface area contributed by atoms with Crippen LogP contribution < -0.4 is 5.32 Å². The molecular formula is C24H17F3N6O. The molecule has 0 aliphatic rings. The lowest BCUT2D eigenvalue weighted by Crippen LogP contribution is -2.21. The smallest absolute Gasteiger partial charge is 0.334 e. The number of halogens is 3. The van der Waals surface area contributed by atoms with Crippen molar-refractivity contribution in [2.45, 2.75) is 12.8 Å². The van der Waals surface area contributed by atoms with Crippen LogP contribution in [0.1, 0.15) is 27.3 Å². The van der Waals surface area contributed by atoms with E-state index < -0.39 is 23.5 Å². The first kappa shape index (κ1) is 21.5. The molecule has 3 heterocycles. The number of alkyl halides is 2. The van der Waals surface area contributed by atoms with E-state index in [4.69, 9.17) is 0 Å². The van der Waals surface area contributed by atoms with Crippen LogP contribution in [0.3, 0.4) is 0 Å². The Labute approximate surface area is 191 Å². The topological polar surface area (TPSA) is 85.1 Å². The summed E-state index contributed by atoms with van der Waals surface area (Å²) in [7, 11) is 1.40. The van der Waals surface area contributed by atoms with Gasteiger partial charge in [-0.15, -0.1) is 10.2 Å². The molecule has 0 spiro atoms. The molecule has 34 heavy (non-hydrogen) atoms. The number of nitrogens with one attached hydrogen (secondary N) is 1. The summed E-state index contributed by atoms with van der Waals surface area (Å²) in [6.07, 6.45) is 1.60. The van der Waals surface area contributed by atoms with Gasteiger partial charge in [-0.3, -0.25) is 9.78 Å². The zero-order valence-corrected chi connectivity index (χ0v) is 18.1. The summed E-state index contributed by atoms with van der Waals surface area (Å²) in [5.41, 5.74) is 1.21. The number of benzene rings is 2. The lowest BCUT2D eigenvalue weighted by Gasteiger charge is -2.18. The first-order chi connectivity index (χ1) is 16.3. The third kappa shape index (κ3) is 3.43. The van der Waals surface area contributed by atoms with Gasteiger partial charge in [0.15, 0.2) is 5.65 Å². The number of nitrogens with zero attached hydrogens (tertiary/aromatic N) is 5. The zero-order valence-electron chi connectivity index (χ0n) is 18.1. The van der Waals surface area contributed by atoms with Crippen LogP contribution in [0.15, 0.2) is 60.8 Å². The van der Waals surface area contributed by atoms with Crippen molar-refractivity contribution in [2.75, 3.05) is 7.05 Å². The molecule has 0 fully saturated rings. The van der Waals surface area contributed by atoms with Crippen LogP contribution in [-0.2, 0) is 5.92 Å². The fraction of sp³-hybridized carbons (Fsp3) is 0.125. The molecule has 3 aromatic heterocycles. The van der Waals surface area contributed by atoms with Gasteiger partial charge in [-0.25, -0.2) is 4.39 Å². The van der Waals surface area contributed by atoms with Gasteiger partial charge in [-0.1, -0.05) is 12.1 Å². The average molecular weight is 462 g/mol. The lowest BCUT2D eigenvalue weighted by atomic mass is 9.99. The Bertz CT molecular complexity index is 1580. The summed E-state index contributed by atoms with van der Waals surface area (Å²) >= 11 is 0. The Morgan fingerprint density at radius 3 is 2.65 bits per heavy atom. The second-order valence-corrected chi connectivity index (χ2v) is 7.72. The molecule has 0 bridgehead atoms. The largest absolute Gasteiger partial charge is 0.355 e. The number of aryl methyl sites for hydroxylation is 1. The Hall–Kier alpha value is -4.34. The van der Waals surface area contributed by atoms with Gasteiger partial charge in [0.2, 0.25) is 5.82 Å². The van der Waals surface area contributed by atoms with Gasteiger partial charge in [-0.05, 0) is 55.0 Å². The Balaban J connectivity index is 1.62. The van der Waals surface area contributed by atoms with Gasteiger partial charge in [-0.2, -0.15) is 18.4 Å². The summed E-state index contributed by atoms with van der Waals surface area (Å²) in [5.74, 6) is -5.52. The summed E-state index contributed by atoms with van der Waals surface area (Å²) in [6.45, 7) is 1.58. The van der Waals surface area contributed by atoms with Gasteiger partial charge in [0.25, 0.3) is 5.91 Å². The minimum atomic E-state index is -3.52. The van der Waals surface area contributed by atoms with Crippen LogP contribution >= 0.6 is 0 Å². The SMILES string of the molecule is CNC(=O)c1ccc(-c2ccc3nnc(C(F)(F)c4cc5cccnc5cc4C)n3n2)cc1F. The van der Waals surface area contributed by atoms with Crippen molar-refractivity contribution in [3.05, 3.63) is 89.1 Å². The molecule has 0 radical (unpaired) electrons. The predicted molar refractivity (Wildman–Crippen MR) is 119 cm³/mol. The van der Waals surface area contributed by atoms with Crippen molar-refractivity contribution in [1.82, 2.24) is 30.1 Å². The van der Waals surface area contributed by atoms with Crippen LogP contribution in [-0.4, -0.2) is 37.8 Å². The number of hydrogen-bond donors (Lipinski definition) is 1. The quantitative estimate of drug-likeness (QED) is 0.431. The van der Waals surface area contributed by atoms with Crippen LogP contribution in [0, 0.1) is 12.7 Å². The molecule has 5 aromatic rings. The summed E-state index contributed by atoms with van der Waals surface area (Å²) in [4.78, 5) is 16.0. The fourth-order valence-corrected chi connectivity index (χ4v) is 3.82. The van der Waals surface area contributed by atoms with E-state index in [1.807, 2.05) is 0 Å². The van der Waals surface area contributed by atoms with Gasteiger partial charge in [0.05, 0.1) is 16.8 Å². The molecule has 0 saturated heterocycles. The molecule has 0 aliphatic heterocycles. The number of aromatic nitrogens is 5. The molecule has 1 amide bonds. The van der Waals surface area contributed by atoms with Crippen LogP contribution in [0.2, 0.25) is 0 Å². The second-order valence-electron chi connectivity index (χ2n) is 7.72. The molecule has 0 saturated carbocycles.